The Bertz CT molecular complexity index is 2720. The predicted molar refractivity (Wildman–Crippen MR) is 261 cm³/mol. The number of nitrogens with two attached hydrogens (primary N) is 1. The molecule has 0 aromatic carbocycles. The SMILES string of the molecule is CC(=O)OC[C@H]1O[C@H](n2cc(NC(=O)c3cc(NC(=O)c4csc(N)n4)cn3[C@H]3O[C@H](COC(C)=O)[C@@H](OC(C)=O)[C@@H](OC(C)=O)[C@H]3OC(C)=O)cc2C(=O)NCCCN(C)C)[C@H](OC(C)=O)[C@H](OC(C)=O)[C@@H]1OC(C)=O. The normalized spacial score (nSPS) is 22.8. The number of ether oxygens (including phenoxy) is 10. The zero-order chi connectivity index (χ0) is 57.0. The van der Waals surface area contributed by atoms with Crippen LogP contribution in [-0.2, 0) is 85.7 Å². The maximum absolute atomic E-state index is 15.0. The molecule has 0 bridgehead atoms. The molecule has 5 N–H and O–H groups in total. The van der Waals surface area contributed by atoms with Crippen molar-refractivity contribution in [1.29, 1.82) is 0 Å². The lowest BCUT2D eigenvalue weighted by Gasteiger charge is -2.45. The predicted octanol–water partition coefficient (Wildman–Crippen LogP) is 1.03. The van der Waals surface area contributed by atoms with Crippen molar-refractivity contribution < 1.29 is 100 Å². The Hall–Kier alpha value is -7.96. The van der Waals surface area contributed by atoms with Crippen molar-refractivity contribution in [2.75, 3.05) is 56.8 Å². The van der Waals surface area contributed by atoms with E-state index in [1.54, 1.807) is 0 Å². The fourth-order valence-corrected chi connectivity index (χ4v) is 8.75. The monoisotopic (exact) mass is 1100 g/mol. The highest BCUT2D eigenvalue weighted by atomic mass is 32.1. The quantitative estimate of drug-likeness (QED) is 0.0657. The fraction of sp³-hybridized carbons (Fsp3) is 0.532. The summed E-state index contributed by atoms with van der Waals surface area (Å²) in [5, 5.41) is 9.46. The molecule has 0 aliphatic carbocycles. The standard InChI is InChI=1S/C47H60N8O21S/c1-21(56)67-18-34-36(69-23(3)58)38(71-25(5)60)40(73-27(7)62)45(75-34)54-17-30(14-32(54)43(65)49-12-11-13-53(9)10)51-44(66)33-15-29(50-42(64)31-20-77-47(48)52-31)16-55(33)46-41(74-28(8)63)39(72-26(6)61)37(70-24(4)59)35(76-46)19-68-22(2)57/h14-17,20,34-41,45-46H,11-13,18-19H2,1-10H3,(H2,48,52)(H,49,65)(H,50,64)(H,51,66)/t34-,35-,36-,37-,38-,39-,40-,41-,45+,46+/m1/s1. The average Bonchev–Trinajstić information content (AvgIpc) is 4.07. The third-order valence-electron chi connectivity index (χ3n) is 11.0. The minimum Gasteiger partial charge on any atom is -0.463 e. The van der Waals surface area contributed by atoms with Gasteiger partial charge in [-0.15, -0.1) is 11.3 Å². The summed E-state index contributed by atoms with van der Waals surface area (Å²) in [6.45, 7) is 7.74. The summed E-state index contributed by atoms with van der Waals surface area (Å²) in [5.74, 6) is -9.80. The van der Waals surface area contributed by atoms with Gasteiger partial charge in [0.15, 0.2) is 54.2 Å². The van der Waals surface area contributed by atoms with Crippen LogP contribution in [-0.4, -0.2) is 174 Å². The van der Waals surface area contributed by atoms with E-state index in [1.807, 2.05) is 19.0 Å². The van der Waals surface area contributed by atoms with Gasteiger partial charge < -0.3 is 83.1 Å². The Morgan fingerprint density at radius 2 is 0.961 bits per heavy atom. The first-order valence-corrected chi connectivity index (χ1v) is 24.4. The van der Waals surface area contributed by atoms with E-state index in [4.69, 9.17) is 53.1 Å². The summed E-state index contributed by atoms with van der Waals surface area (Å²) >= 11 is 0.963. The van der Waals surface area contributed by atoms with E-state index in [9.17, 15) is 52.7 Å². The van der Waals surface area contributed by atoms with Crippen LogP contribution in [0.2, 0.25) is 0 Å². The molecule has 2 fully saturated rings. The van der Waals surface area contributed by atoms with Crippen LogP contribution in [0, 0.1) is 0 Å². The molecule has 0 radical (unpaired) electrons. The molecule has 3 aromatic rings. The molecule has 3 amide bonds. The van der Waals surface area contributed by atoms with Crippen LogP contribution in [0.3, 0.4) is 0 Å². The third-order valence-corrected chi connectivity index (χ3v) is 11.7. The molecule has 0 saturated carbocycles. The van der Waals surface area contributed by atoms with E-state index < -0.39 is 146 Å². The molecule has 420 valence electrons. The van der Waals surface area contributed by atoms with Gasteiger partial charge in [0.2, 0.25) is 0 Å². The number of carbonyl (C=O) groups is 11. The van der Waals surface area contributed by atoms with Gasteiger partial charge in [-0.1, -0.05) is 0 Å². The van der Waals surface area contributed by atoms with Crippen molar-refractivity contribution in [2.24, 2.45) is 0 Å². The van der Waals surface area contributed by atoms with Gasteiger partial charge in [-0.2, -0.15) is 0 Å². The second-order valence-corrected chi connectivity index (χ2v) is 18.5. The minimum atomic E-state index is -1.76. The number of thiazole rings is 1. The maximum atomic E-state index is 15.0. The highest BCUT2D eigenvalue weighted by Gasteiger charge is 2.55. The number of nitrogens with one attached hydrogen (secondary N) is 3. The zero-order valence-corrected chi connectivity index (χ0v) is 44.4. The summed E-state index contributed by atoms with van der Waals surface area (Å²) in [6, 6.07) is 2.36. The van der Waals surface area contributed by atoms with Crippen molar-refractivity contribution in [3.63, 3.8) is 0 Å². The number of carbonyl (C=O) groups excluding carboxylic acids is 11. The number of nitrogens with zero attached hydrogens (tertiary/aromatic N) is 4. The van der Waals surface area contributed by atoms with Crippen molar-refractivity contribution in [3.05, 3.63) is 47.0 Å². The van der Waals surface area contributed by atoms with Crippen LogP contribution in [0.5, 0.6) is 0 Å². The molecule has 29 nitrogen and oxygen atoms in total. The summed E-state index contributed by atoms with van der Waals surface area (Å²) < 4.78 is 59.1. The average molecular weight is 1110 g/mol. The van der Waals surface area contributed by atoms with Gasteiger partial charge in [0.1, 0.15) is 42.5 Å². The lowest BCUT2D eigenvalue weighted by molar-refractivity contribution is -0.268. The topological polar surface area (TPSA) is 368 Å². The van der Waals surface area contributed by atoms with E-state index in [2.05, 4.69) is 20.9 Å². The van der Waals surface area contributed by atoms with Crippen LogP contribution in [0.25, 0.3) is 0 Å². The Labute approximate surface area is 443 Å². The minimum absolute atomic E-state index is 0.0580. The lowest BCUT2D eigenvalue weighted by atomic mass is 9.97. The highest BCUT2D eigenvalue weighted by molar-refractivity contribution is 7.13. The Balaban J connectivity index is 1.71. The third kappa shape index (κ3) is 16.5. The molecule has 0 spiro atoms. The highest BCUT2D eigenvalue weighted by Crippen LogP contribution is 2.39. The van der Waals surface area contributed by atoms with Gasteiger partial charge in [-0.25, -0.2) is 4.98 Å². The molecule has 5 rings (SSSR count). The molecule has 3 aromatic heterocycles. The molecular weight excluding hydrogens is 1040 g/mol. The zero-order valence-electron chi connectivity index (χ0n) is 43.5. The number of hydrogen-bond acceptors (Lipinski definition) is 25. The molecule has 0 unspecified atom stereocenters. The smallest absolute Gasteiger partial charge is 0.303 e. The van der Waals surface area contributed by atoms with E-state index in [0.29, 0.717) is 13.0 Å². The van der Waals surface area contributed by atoms with E-state index in [1.165, 1.54) is 23.8 Å². The number of hydrogen-bond donors (Lipinski definition) is 4. The van der Waals surface area contributed by atoms with Crippen molar-refractivity contribution in [1.82, 2.24) is 24.3 Å². The second-order valence-electron chi connectivity index (χ2n) is 17.6. The van der Waals surface area contributed by atoms with Crippen molar-refractivity contribution in [2.45, 2.75) is 123 Å². The first kappa shape index (κ1) is 59.9. The number of esters is 8. The Morgan fingerprint density at radius 1 is 0.571 bits per heavy atom. The summed E-state index contributed by atoms with van der Waals surface area (Å²) in [5.41, 5.74) is 4.69. The molecule has 10 atom stereocenters. The van der Waals surface area contributed by atoms with Gasteiger partial charge in [0, 0.05) is 79.7 Å². The largest absolute Gasteiger partial charge is 0.463 e. The van der Waals surface area contributed by atoms with Crippen LogP contribution >= 0.6 is 11.3 Å². The molecule has 2 aliphatic rings. The van der Waals surface area contributed by atoms with Gasteiger partial charge in [-0.05, 0) is 39.2 Å². The van der Waals surface area contributed by atoms with Crippen LogP contribution in [0.15, 0.2) is 29.9 Å². The molecule has 77 heavy (non-hydrogen) atoms. The van der Waals surface area contributed by atoms with Crippen LogP contribution in [0.4, 0.5) is 16.5 Å². The molecule has 5 heterocycles. The maximum Gasteiger partial charge on any atom is 0.303 e. The lowest BCUT2D eigenvalue weighted by Crippen LogP contribution is -2.60. The summed E-state index contributed by atoms with van der Waals surface area (Å²) in [4.78, 5) is 149. The van der Waals surface area contributed by atoms with Crippen LogP contribution in [0.1, 0.15) is 106 Å². The molecule has 2 aliphatic heterocycles. The number of rotatable bonds is 21. The fourth-order valence-electron chi connectivity index (χ4n) is 8.21. The second kappa shape index (κ2) is 26.7. The Morgan fingerprint density at radius 3 is 1.34 bits per heavy atom. The van der Waals surface area contributed by atoms with Gasteiger partial charge in [0.25, 0.3) is 17.7 Å². The summed E-state index contributed by atoms with van der Waals surface area (Å²) in [6.07, 6.45) is -13.6. The van der Waals surface area contributed by atoms with Gasteiger partial charge in [-0.3, -0.25) is 52.7 Å². The number of aromatic nitrogens is 3. The number of anilines is 3. The molecule has 30 heteroatoms. The first-order chi connectivity index (χ1) is 36.2. The molecule has 2 saturated heterocycles. The van der Waals surface area contributed by atoms with Crippen molar-refractivity contribution >= 4 is 93.3 Å². The first-order valence-electron chi connectivity index (χ1n) is 23.5. The molecular formula is C47H60N8O21S. The summed E-state index contributed by atoms with van der Waals surface area (Å²) in [7, 11) is 3.65. The van der Waals surface area contributed by atoms with Crippen molar-refractivity contribution in [3.8, 4) is 0 Å². The van der Waals surface area contributed by atoms with E-state index in [-0.39, 0.29) is 34.4 Å². The van der Waals surface area contributed by atoms with Gasteiger partial charge in [0.05, 0.1) is 11.4 Å². The van der Waals surface area contributed by atoms with Crippen LogP contribution < -0.4 is 21.7 Å². The number of amides is 3. The number of nitrogen functional groups attached to an aromatic ring is 1. The Kier molecular flexibility index (Phi) is 20.8. The van der Waals surface area contributed by atoms with Gasteiger partial charge >= 0.3 is 47.8 Å². The van der Waals surface area contributed by atoms with E-state index in [0.717, 1.165) is 81.9 Å². The van der Waals surface area contributed by atoms with E-state index >= 15 is 0 Å².